The number of rotatable bonds is 11. The third-order valence-electron chi connectivity index (χ3n) is 6.21. The second-order valence-electron chi connectivity index (χ2n) is 9.09. The van der Waals surface area contributed by atoms with Gasteiger partial charge in [0.1, 0.15) is 18.9 Å². The number of halogens is 1. The van der Waals surface area contributed by atoms with Gasteiger partial charge in [0.25, 0.3) is 10.0 Å². The van der Waals surface area contributed by atoms with Crippen molar-refractivity contribution in [2.24, 2.45) is 0 Å². The van der Waals surface area contributed by atoms with Crippen LogP contribution in [-0.2, 0) is 24.8 Å². The largest absolute Gasteiger partial charge is 0.492 e. The van der Waals surface area contributed by atoms with Gasteiger partial charge in [-0.25, -0.2) is 16.8 Å². The van der Waals surface area contributed by atoms with Crippen LogP contribution in [-0.4, -0.2) is 59.8 Å². The molecule has 1 aliphatic rings. The third-order valence-corrected chi connectivity index (χ3v) is 10.4. The zero-order valence-electron chi connectivity index (χ0n) is 21.4. The number of nitrogens with zero attached hydrogens (tertiary/aromatic N) is 2. The van der Waals surface area contributed by atoms with Crippen molar-refractivity contribution < 1.29 is 26.4 Å². The molecule has 4 rings (SSSR count). The molecule has 3 aromatic rings. The number of nitrogens with one attached hydrogen (secondary N) is 1. The Morgan fingerprint density at radius 2 is 1.59 bits per heavy atom. The Morgan fingerprint density at radius 1 is 0.949 bits per heavy atom. The van der Waals surface area contributed by atoms with E-state index < -0.39 is 32.5 Å². The molecule has 1 N–H and O–H groups in total. The van der Waals surface area contributed by atoms with E-state index in [-0.39, 0.29) is 22.9 Å². The molecular formula is C27H30BrN3O6S2. The molecule has 0 unspecified atom stereocenters. The van der Waals surface area contributed by atoms with Crippen molar-refractivity contribution in [2.75, 3.05) is 37.1 Å². The van der Waals surface area contributed by atoms with Crippen molar-refractivity contribution in [3.8, 4) is 5.75 Å². The van der Waals surface area contributed by atoms with Gasteiger partial charge in [0, 0.05) is 17.6 Å². The van der Waals surface area contributed by atoms with E-state index >= 15 is 0 Å². The smallest absolute Gasteiger partial charge is 0.264 e. The van der Waals surface area contributed by atoms with Crippen LogP contribution in [0.3, 0.4) is 0 Å². The highest BCUT2D eigenvalue weighted by Gasteiger charge is 2.28. The molecule has 1 heterocycles. The number of aryl methyl sites for hydroxylation is 1. The van der Waals surface area contributed by atoms with Crippen molar-refractivity contribution in [3.05, 3.63) is 82.8 Å². The molecule has 208 valence electrons. The van der Waals surface area contributed by atoms with Gasteiger partial charge in [0.15, 0.2) is 0 Å². The summed E-state index contributed by atoms with van der Waals surface area (Å²) in [5.74, 6) is -0.0383. The lowest BCUT2D eigenvalue weighted by Crippen LogP contribution is -2.41. The number of carbonyl (C=O) groups excluding carboxylic acids is 1. The molecule has 1 saturated heterocycles. The number of benzene rings is 3. The number of ether oxygens (including phenoxy) is 1. The van der Waals surface area contributed by atoms with Gasteiger partial charge in [0.2, 0.25) is 15.9 Å². The predicted molar refractivity (Wildman–Crippen MR) is 153 cm³/mol. The monoisotopic (exact) mass is 635 g/mol. The number of sulfonamides is 2. The lowest BCUT2D eigenvalue weighted by molar-refractivity contribution is -0.119. The maximum Gasteiger partial charge on any atom is 0.264 e. The molecule has 1 aliphatic heterocycles. The summed E-state index contributed by atoms with van der Waals surface area (Å²) in [7, 11) is -7.51. The topological polar surface area (TPSA) is 113 Å². The number of carbonyl (C=O) groups is 1. The summed E-state index contributed by atoms with van der Waals surface area (Å²) >= 11 is 3.36. The highest BCUT2D eigenvalue weighted by atomic mass is 79.9. The van der Waals surface area contributed by atoms with Crippen LogP contribution in [0.4, 0.5) is 5.69 Å². The lowest BCUT2D eigenvalue weighted by atomic mass is 10.2. The maximum atomic E-state index is 13.4. The van der Waals surface area contributed by atoms with Crippen molar-refractivity contribution >= 4 is 47.6 Å². The molecule has 12 heteroatoms. The van der Waals surface area contributed by atoms with E-state index in [1.54, 1.807) is 48.5 Å². The second-order valence-corrected chi connectivity index (χ2v) is 13.8. The first kappa shape index (κ1) is 29.1. The number of anilines is 1. The molecule has 0 saturated carbocycles. The number of hydrogen-bond acceptors (Lipinski definition) is 6. The summed E-state index contributed by atoms with van der Waals surface area (Å²) < 4.78 is 61.1. The van der Waals surface area contributed by atoms with Gasteiger partial charge in [-0.3, -0.25) is 9.10 Å². The van der Waals surface area contributed by atoms with Gasteiger partial charge in [0.05, 0.1) is 22.0 Å². The van der Waals surface area contributed by atoms with Gasteiger partial charge >= 0.3 is 0 Å². The predicted octanol–water partition coefficient (Wildman–Crippen LogP) is 3.93. The second kappa shape index (κ2) is 12.5. The highest BCUT2D eigenvalue weighted by Crippen LogP contribution is 2.27. The molecule has 9 nitrogen and oxygen atoms in total. The zero-order valence-corrected chi connectivity index (χ0v) is 24.6. The summed E-state index contributed by atoms with van der Waals surface area (Å²) in [6.07, 6.45) is 1.73. The Balaban J connectivity index is 1.36. The number of amides is 1. The molecule has 0 radical (unpaired) electrons. The molecule has 0 spiro atoms. The molecule has 0 atom stereocenters. The van der Waals surface area contributed by atoms with Crippen LogP contribution in [0.1, 0.15) is 18.4 Å². The Kier molecular flexibility index (Phi) is 9.31. The van der Waals surface area contributed by atoms with E-state index in [4.69, 9.17) is 4.74 Å². The average molecular weight is 637 g/mol. The van der Waals surface area contributed by atoms with Crippen LogP contribution in [0, 0.1) is 6.92 Å². The van der Waals surface area contributed by atoms with E-state index in [0.717, 1.165) is 22.7 Å². The van der Waals surface area contributed by atoms with Crippen molar-refractivity contribution in [1.82, 2.24) is 9.62 Å². The summed E-state index contributed by atoms with van der Waals surface area (Å²) in [5.41, 5.74) is 1.27. The van der Waals surface area contributed by atoms with Crippen LogP contribution >= 0.6 is 15.9 Å². The molecule has 1 fully saturated rings. The van der Waals surface area contributed by atoms with Crippen LogP contribution in [0.2, 0.25) is 0 Å². The van der Waals surface area contributed by atoms with Crippen molar-refractivity contribution in [2.45, 2.75) is 29.6 Å². The molecule has 39 heavy (non-hydrogen) atoms. The molecule has 1 amide bonds. The van der Waals surface area contributed by atoms with Crippen LogP contribution in [0.5, 0.6) is 5.75 Å². The lowest BCUT2D eigenvalue weighted by Gasteiger charge is -2.24. The van der Waals surface area contributed by atoms with Gasteiger partial charge in [-0.1, -0.05) is 39.7 Å². The third kappa shape index (κ3) is 7.18. The maximum absolute atomic E-state index is 13.4. The van der Waals surface area contributed by atoms with Gasteiger partial charge < -0.3 is 10.1 Å². The van der Waals surface area contributed by atoms with Crippen molar-refractivity contribution in [1.29, 1.82) is 0 Å². The zero-order chi connectivity index (χ0) is 28.0. The summed E-state index contributed by atoms with van der Waals surface area (Å²) in [5, 5.41) is 2.69. The van der Waals surface area contributed by atoms with Crippen LogP contribution < -0.4 is 14.4 Å². The Labute approximate surface area is 238 Å². The Hall–Kier alpha value is -2.93. The van der Waals surface area contributed by atoms with E-state index in [0.29, 0.717) is 29.0 Å². The minimum atomic E-state index is -4.01. The summed E-state index contributed by atoms with van der Waals surface area (Å²) in [6, 6.07) is 19.3. The van der Waals surface area contributed by atoms with E-state index in [1.165, 1.54) is 28.6 Å². The average Bonchev–Trinajstić information content (AvgIpc) is 3.46. The fourth-order valence-electron chi connectivity index (χ4n) is 4.11. The molecular weight excluding hydrogens is 606 g/mol. The van der Waals surface area contributed by atoms with Crippen LogP contribution in [0.15, 0.2) is 87.1 Å². The highest BCUT2D eigenvalue weighted by molar-refractivity contribution is 9.10. The minimum Gasteiger partial charge on any atom is -0.492 e. The van der Waals surface area contributed by atoms with E-state index in [2.05, 4.69) is 21.2 Å². The summed E-state index contributed by atoms with van der Waals surface area (Å²) in [6.45, 7) is 2.75. The first-order valence-electron chi connectivity index (χ1n) is 12.4. The van der Waals surface area contributed by atoms with E-state index in [1.807, 2.05) is 6.92 Å². The SMILES string of the molecule is Cc1ccc(S(=O)(=O)N(CC(=O)NCCOc2ccc(S(=O)(=O)N3CCCC3)cc2)c2cccc(Br)c2)cc1. The quantitative estimate of drug-likeness (QED) is 0.320. The Bertz CT molecular complexity index is 1510. The van der Waals surface area contributed by atoms with Crippen LogP contribution in [0.25, 0.3) is 0 Å². The van der Waals surface area contributed by atoms with Crippen molar-refractivity contribution in [3.63, 3.8) is 0 Å². The summed E-state index contributed by atoms with van der Waals surface area (Å²) in [4.78, 5) is 13.1. The fourth-order valence-corrected chi connectivity index (χ4v) is 7.43. The standard InChI is InChI=1S/C27H30BrN3O6S2/c1-21-7-11-26(12-8-21)39(35,36)31(23-6-4-5-22(28)19-23)20-27(32)29-15-18-37-24-9-13-25(14-10-24)38(33,34)30-16-2-3-17-30/h4-14,19H,2-3,15-18,20H2,1H3,(H,29,32). The fraction of sp³-hybridized carbons (Fsp3) is 0.296. The first-order chi connectivity index (χ1) is 18.6. The minimum absolute atomic E-state index is 0.0828. The first-order valence-corrected chi connectivity index (χ1v) is 16.1. The normalized spacial score (nSPS) is 14.2. The molecule has 3 aromatic carbocycles. The molecule has 0 aromatic heterocycles. The Morgan fingerprint density at radius 3 is 2.23 bits per heavy atom. The van der Waals surface area contributed by atoms with Gasteiger partial charge in [-0.2, -0.15) is 4.31 Å². The molecule has 0 aliphatic carbocycles. The van der Waals surface area contributed by atoms with Gasteiger partial charge in [-0.15, -0.1) is 0 Å². The molecule has 0 bridgehead atoms. The number of hydrogen-bond donors (Lipinski definition) is 1. The van der Waals surface area contributed by atoms with E-state index in [9.17, 15) is 21.6 Å². The van der Waals surface area contributed by atoms with Gasteiger partial charge in [-0.05, 0) is 74.4 Å².